The van der Waals surface area contributed by atoms with Crippen LogP contribution >= 0.6 is 11.6 Å². The Balaban J connectivity index is 1.81. The lowest BCUT2D eigenvalue weighted by Crippen LogP contribution is -2.30. The quantitative estimate of drug-likeness (QED) is 0.755. The summed E-state index contributed by atoms with van der Waals surface area (Å²) in [5.74, 6) is 1.49. The van der Waals surface area contributed by atoms with Crippen LogP contribution in [0.3, 0.4) is 0 Å². The van der Waals surface area contributed by atoms with Crippen molar-refractivity contribution in [2.24, 2.45) is 11.8 Å². The van der Waals surface area contributed by atoms with Crippen LogP contribution in [0.5, 0.6) is 0 Å². The highest BCUT2D eigenvalue weighted by atomic mass is 35.5. The Morgan fingerprint density at radius 1 is 1.08 bits per heavy atom. The average Bonchev–Trinajstić information content (AvgIpc) is 2.59. The Kier molecular flexibility index (Phi) is 7.54. The van der Waals surface area contributed by atoms with Gasteiger partial charge in [0.05, 0.1) is 4.90 Å². The van der Waals surface area contributed by atoms with Crippen molar-refractivity contribution in [1.29, 1.82) is 0 Å². The van der Waals surface area contributed by atoms with Gasteiger partial charge in [0.2, 0.25) is 10.0 Å². The summed E-state index contributed by atoms with van der Waals surface area (Å²) in [6.07, 6.45) is 7.21. The predicted molar refractivity (Wildman–Crippen MR) is 99.9 cm³/mol. The van der Waals surface area contributed by atoms with Gasteiger partial charge in [0.15, 0.2) is 0 Å². The molecule has 1 aliphatic carbocycles. The number of hydrogen-bond donors (Lipinski definition) is 1. The summed E-state index contributed by atoms with van der Waals surface area (Å²) in [5, 5.41) is 3.77. The van der Waals surface area contributed by atoms with Crippen molar-refractivity contribution in [3.8, 4) is 0 Å². The first kappa shape index (κ1) is 19.7. The molecule has 24 heavy (non-hydrogen) atoms. The second-order valence-electron chi connectivity index (χ2n) is 6.85. The molecule has 0 heterocycles. The highest BCUT2D eigenvalue weighted by Gasteiger charge is 2.24. The first-order chi connectivity index (χ1) is 11.4. The highest BCUT2D eigenvalue weighted by molar-refractivity contribution is 7.89. The van der Waals surface area contributed by atoms with E-state index in [1.807, 2.05) is 7.05 Å². The molecule has 2 rings (SSSR count). The van der Waals surface area contributed by atoms with Gasteiger partial charge in [0.1, 0.15) is 0 Å². The number of sulfonamides is 1. The minimum absolute atomic E-state index is 0.310. The van der Waals surface area contributed by atoms with Crippen molar-refractivity contribution in [3.63, 3.8) is 0 Å². The maximum absolute atomic E-state index is 12.6. The fourth-order valence-corrected chi connectivity index (χ4v) is 4.74. The van der Waals surface area contributed by atoms with E-state index in [0.29, 0.717) is 22.4 Å². The maximum Gasteiger partial charge on any atom is 0.242 e. The summed E-state index contributed by atoms with van der Waals surface area (Å²) in [4.78, 5) is 0.310. The third-order valence-electron chi connectivity index (χ3n) is 5.14. The molecule has 0 aromatic heterocycles. The zero-order valence-corrected chi connectivity index (χ0v) is 16.2. The first-order valence-corrected chi connectivity index (χ1v) is 10.6. The smallest absolute Gasteiger partial charge is 0.242 e. The van der Waals surface area contributed by atoms with Crippen LogP contribution in [-0.2, 0) is 10.0 Å². The lowest BCUT2D eigenvalue weighted by atomic mass is 9.79. The van der Waals surface area contributed by atoms with Crippen LogP contribution in [0.25, 0.3) is 0 Å². The molecule has 0 atom stereocenters. The van der Waals surface area contributed by atoms with E-state index < -0.39 is 10.0 Å². The van der Waals surface area contributed by atoms with Crippen molar-refractivity contribution >= 4 is 21.6 Å². The maximum atomic E-state index is 12.6. The van der Waals surface area contributed by atoms with Crippen molar-refractivity contribution < 1.29 is 8.42 Å². The number of hydrogen-bond acceptors (Lipinski definition) is 3. The Morgan fingerprint density at radius 3 is 2.17 bits per heavy atom. The number of benzene rings is 1. The molecule has 0 radical (unpaired) electrons. The molecule has 0 saturated heterocycles. The molecule has 4 nitrogen and oxygen atoms in total. The molecular weight excluding hydrogens is 344 g/mol. The number of nitrogens with zero attached hydrogens (tertiary/aromatic N) is 1. The van der Waals surface area contributed by atoms with Gasteiger partial charge >= 0.3 is 0 Å². The van der Waals surface area contributed by atoms with Crippen LogP contribution in [0.1, 0.15) is 38.5 Å². The molecule has 1 fully saturated rings. The van der Waals surface area contributed by atoms with Gasteiger partial charge in [-0.1, -0.05) is 37.3 Å². The number of nitrogens with one attached hydrogen (secondary N) is 1. The van der Waals surface area contributed by atoms with Gasteiger partial charge in [-0.15, -0.1) is 0 Å². The number of rotatable bonds is 8. The third kappa shape index (κ3) is 5.45. The molecule has 0 bridgehead atoms. The summed E-state index contributed by atoms with van der Waals surface area (Å²) in [5.41, 5.74) is 0. The van der Waals surface area contributed by atoms with E-state index in [0.717, 1.165) is 18.9 Å². The lowest BCUT2D eigenvalue weighted by Gasteiger charge is -2.29. The van der Waals surface area contributed by atoms with Crippen LogP contribution in [0.4, 0.5) is 0 Å². The molecule has 0 aliphatic heterocycles. The third-order valence-corrected chi connectivity index (χ3v) is 7.27. The van der Waals surface area contributed by atoms with Crippen LogP contribution in [0, 0.1) is 11.8 Å². The predicted octanol–water partition coefficient (Wildman–Crippen LogP) is 3.77. The SMILES string of the molecule is CNCC[C@H]1CC[C@H](CCN(C)S(=O)(=O)c2ccc(Cl)cc2)CC1. The summed E-state index contributed by atoms with van der Waals surface area (Å²) in [7, 11) is 0.259. The van der Waals surface area contributed by atoms with Crippen LogP contribution in [-0.4, -0.2) is 39.9 Å². The minimum Gasteiger partial charge on any atom is -0.320 e. The molecule has 1 aromatic rings. The minimum atomic E-state index is -3.41. The monoisotopic (exact) mass is 372 g/mol. The standard InChI is InChI=1S/C18H29ClN2O2S/c1-20-13-11-15-3-5-16(6-4-15)12-14-21(2)24(22,23)18-9-7-17(19)8-10-18/h7-10,15-16,20H,3-6,11-14H2,1-2H3/t15-,16-. The van der Waals surface area contributed by atoms with Crippen molar-refractivity contribution in [1.82, 2.24) is 9.62 Å². The van der Waals surface area contributed by atoms with Gasteiger partial charge in [-0.3, -0.25) is 0 Å². The Bertz CT molecular complexity index is 596. The first-order valence-electron chi connectivity index (χ1n) is 8.80. The second-order valence-corrected chi connectivity index (χ2v) is 9.33. The van der Waals surface area contributed by atoms with Crippen LogP contribution < -0.4 is 5.32 Å². The summed E-state index contributed by atoms with van der Waals surface area (Å²) < 4.78 is 26.6. The van der Waals surface area contributed by atoms with Crippen LogP contribution in [0.2, 0.25) is 5.02 Å². The summed E-state index contributed by atoms with van der Waals surface area (Å²) >= 11 is 5.84. The second kappa shape index (κ2) is 9.18. The van der Waals surface area contributed by atoms with Gasteiger partial charge in [-0.05, 0) is 62.5 Å². The van der Waals surface area contributed by atoms with E-state index in [4.69, 9.17) is 11.6 Å². The molecule has 0 unspecified atom stereocenters. The van der Waals surface area contributed by atoms with E-state index in [1.165, 1.54) is 36.4 Å². The Labute approximate surface area is 151 Å². The summed E-state index contributed by atoms with van der Waals surface area (Å²) in [6, 6.07) is 6.38. The molecule has 1 aromatic carbocycles. The molecule has 0 amide bonds. The van der Waals surface area contributed by atoms with Gasteiger partial charge < -0.3 is 5.32 Å². The van der Waals surface area contributed by atoms with Gasteiger partial charge in [-0.2, -0.15) is 0 Å². The number of halogens is 1. The fourth-order valence-electron chi connectivity index (χ4n) is 3.43. The average molecular weight is 373 g/mol. The zero-order chi connectivity index (χ0) is 17.6. The molecule has 6 heteroatoms. The van der Waals surface area contributed by atoms with Crippen LogP contribution in [0.15, 0.2) is 29.2 Å². The van der Waals surface area contributed by atoms with E-state index in [9.17, 15) is 8.42 Å². The molecule has 1 aliphatic rings. The lowest BCUT2D eigenvalue weighted by molar-refractivity contribution is 0.243. The fraction of sp³-hybridized carbons (Fsp3) is 0.667. The molecule has 0 spiro atoms. The van der Waals surface area contributed by atoms with E-state index in [1.54, 1.807) is 31.3 Å². The van der Waals surface area contributed by atoms with Gasteiger partial charge in [-0.25, -0.2) is 12.7 Å². The van der Waals surface area contributed by atoms with E-state index >= 15 is 0 Å². The molecule has 1 saturated carbocycles. The van der Waals surface area contributed by atoms with Crippen molar-refractivity contribution in [3.05, 3.63) is 29.3 Å². The topological polar surface area (TPSA) is 49.4 Å². The Hall–Kier alpha value is -0.620. The largest absolute Gasteiger partial charge is 0.320 e. The van der Waals surface area contributed by atoms with E-state index in [2.05, 4.69) is 5.32 Å². The molecule has 136 valence electrons. The highest BCUT2D eigenvalue weighted by Crippen LogP contribution is 2.32. The normalized spacial score (nSPS) is 22.0. The van der Waals surface area contributed by atoms with Crippen molar-refractivity contribution in [2.45, 2.75) is 43.4 Å². The summed E-state index contributed by atoms with van der Waals surface area (Å²) in [6.45, 7) is 1.67. The molecular formula is C18H29ClN2O2S. The van der Waals surface area contributed by atoms with Gasteiger partial charge in [0.25, 0.3) is 0 Å². The van der Waals surface area contributed by atoms with Gasteiger partial charge in [0, 0.05) is 18.6 Å². The Morgan fingerprint density at radius 2 is 1.62 bits per heavy atom. The van der Waals surface area contributed by atoms with Crippen molar-refractivity contribution in [2.75, 3.05) is 27.2 Å². The zero-order valence-electron chi connectivity index (χ0n) is 14.7. The van der Waals surface area contributed by atoms with E-state index in [-0.39, 0.29) is 0 Å². The molecule has 1 N–H and O–H groups in total.